The lowest BCUT2D eigenvalue weighted by Crippen LogP contribution is -2.22. The number of nitriles is 1. The van der Waals surface area contributed by atoms with Crippen molar-refractivity contribution in [2.45, 2.75) is 20.8 Å². The van der Waals surface area contributed by atoms with E-state index in [-0.39, 0.29) is 5.78 Å². The van der Waals surface area contributed by atoms with E-state index in [1.54, 1.807) is 19.9 Å². The van der Waals surface area contributed by atoms with E-state index in [0.717, 1.165) is 5.56 Å². The summed E-state index contributed by atoms with van der Waals surface area (Å²) < 4.78 is 0. The van der Waals surface area contributed by atoms with Gasteiger partial charge in [0, 0.05) is 5.56 Å². The van der Waals surface area contributed by atoms with Gasteiger partial charge in [-0.2, -0.15) is 5.26 Å². The lowest BCUT2D eigenvalue weighted by atomic mass is 9.84. The van der Waals surface area contributed by atoms with Crippen LogP contribution in [0.3, 0.4) is 0 Å². The Kier molecular flexibility index (Phi) is 2.71. The van der Waals surface area contributed by atoms with Crippen LogP contribution in [-0.4, -0.2) is 5.78 Å². The van der Waals surface area contributed by atoms with Gasteiger partial charge >= 0.3 is 0 Å². The van der Waals surface area contributed by atoms with Gasteiger partial charge in [0.05, 0.1) is 6.07 Å². The van der Waals surface area contributed by atoms with Gasteiger partial charge < -0.3 is 0 Å². The zero-order valence-electron chi connectivity index (χ0n) is 8.66. The monoisotopic (exact) mass is 187 g/mol. The Hall–Kier alpha value is -1.62. The molecule has 14 heavy (non-hydrogen) atoms. The summed E-state index contributed by atoms with van der Waals surface area (Å²) in [7, 11) is 0. The molecule has 0 heterocycles. The molecule has 0 aliphatic carbocycles. The van der Waals surface area contributed by atoms with Gasteiger partial charge in [-0.05, 0) is 26.3 Å². The third kappa shape index (κ3) is 1.82. The van der Waals surface area contributed by atoms with Crippen LogP contribution in [-0.2, 0) is 0 Å². The zero-order valence-corrected chi connectivity index (χ0v) is 8.66. The number of carbonyl (C=O) groups excluding carboxylic acids is 1. The maximum Gasteiger partial charge on any atom is 0.182 e. The number of hydrogen-bond acceptors (Lipinski definition) is 2. The van der Waals surface area contributed by atoms with Crippen molar-refractivity contribution in [3.63, 3.8) is 0 Å². The highest BCUT2D eigenvalue weighted by atomic mass is 16.1. The lowest BCUT2D eigenvalue weighted by molar-refractivity contribution is 0.0891. The van der Waals surface area contributed by atoms with E-state index in [2.05, 4.69) is 0 Å². The van der Waals surface area contributed by atoms with Gasteiger partial charge in [0.25, 0.3) is 0 Å². The molecule has 0 bridgehead atoms. The average molecular weight is 187 g/mol. The Labute approximate surface area is 84.2 Å². The maximum atomic E-state index is 11.9. The van der Waals surface area contributed by atoms with Crippen molar-refractivity contribution in [3.8, 4) is 6.07 Å². The van der Waals surface area contributed by atoms with Crippen LogP contribution in [0, 0.1) is 23.7 Å². The number of hydrogen-bond donors (Lipinski definition) is 0. The van der Waals surface area contributed by atoms with Crippen molar-refractivity contribution in [1.82, 2.24) is 0 Å². The fourth-order valence-electron chi connectivity index (χ4n) is 1.22. The molecule has 0 aromatic heterocycles. The number of rotatable bonds is 2. The van der Waals surface area contributed by atoms with Crippen LogP contribution >= 0.6 is 0 Å². The minimum Gasteiger partial charge on any atom is -0.292 e. The van der Waals surface area contributed by atoms with E-state index in [1.165, 1.54) is 0 Å². The largest absolute Gasteiger partial charge is 0.292 e. The standard InChI is InChI=1S/C12H13NO/c1-9-6-4-5-7-10(9)11(14)12(2,3)8-13/h4-7H,1-3H3. The van der Waals surface area contributed by atoms with Crippen molar-refractivity contribution in [2.75, 3.05) is 0 Å². The molecule has 0 amide bonds. The van der Waals surface area contributed by atoms with Crippen molar-refractivity contribution in [2.24, 2.45) is 5.41 Å². The molecule has 1 rings (SSSR count). The SMILES string of the molecule is Cc1ccccc1C(=O)C(C)(C)C#N. The molecule has 0 saturated heterocycles. The van der Waals surface area contributed by atoms with Crippen molar-refractivity contribution < 1.29 is 4.79 Å². The quantitative estimate of drug-likeness (QED) is 0.668. The van der Waals surface area contributed by atoms with E-state index in [4.69, 9.17) is 5.26 Å². The van der Waals surface area contributed by atoms with Gasteiger partial charge in [-0.25, -0.2) is 0 Å². The third-order valence-electron chi connectivity index (χ3n) is 2.24. The average Bonchev–Trinajstić information content (AvgIpc) is 2.17. The minimum absolute atomic E-state index is 0.113. The Morgan fingerprint density at radius 1 is 1.36 bits per heavy atom. The molecule has 0 aliphatic rings. The summed E-state index contributed by atoms with van der Waals surface area (Å²) in [5, 5.41) is 8.85. The number of carbonyl (C=O) groups is 1. The molecule has 0 radical (unpaired) electrons. The van der Waals surface area contributed by atoms with Crippen LogP contribution in [0.15, 0.2) is 24.3 Å². The highest BCUT2D eigenvalue weighted by Crippen LogP contribution is 2.22. The first kappa shape index (κ1) is 10.5. The number of benzene rings is 1. The summed E-state index contributed by atoms with van der Waals surface area (Å²) in [5.74, 6) is -0.113. The van der Waals surface area contributed by atoms with Gasteiger partial charge in [-0.1, -0.05) is 24.3 Å². The van der Waals surface area contributed by atoms with Crippen LogP contribution in [0.4, 0.5) is 0 Å². The number of aryl methyl sites for hydroxylation is 1. The van der Waals surface area contributed by atoms with Gasteiger partial charge in [0.2, 0.25) is 0 Å². The second kappa shape index (κ2) is 3.63. The van der Waals surface area contributed by atoms with E-state index in [9.17, 15) is 4.79 Å². The zero-order chi connectivity index (χ0) is 10.8. The predicted octanol–water partition coefficient (Wildman–Crippen LogP) is 2.73. The molecular formula is C12H13NO. The molecule has 0 spiro atoms. The van der Waals surface area contributed by atoms with Gasteiger partial charge in [-0.3, -0.25) is 4.79 Å². The van der Waals surface area contributed by atoms with Gasteiger partial charge in [0.15, 0.2) is 5.78 Å². The van der Waals surface area contributed by atoms with E-state index in [0.29, 0.717) is 5.56 Å². The summed E-state index contributed by atoms with van der Waals surface area (Å²) in [5.41, 5.74) is 0.617. The third-order valence-corrected chi connectivity index (χ3v) is 2.24. The molecular weight excluding hydrogens is 174 g/mol. The van der Waals surface area contributed by atoms with Crippen LogP contribution in [0.2, 0.25) is 0 Å². The van der Waals surface area contributed by atoms with Crippen molar-refractivity contribution in [1.29, 1.82) is 5.26 Å². The molecule has 0 unspecified atom stereocenters. The Morgan fingerprint density at radius 3 is 2.43 bits per heavy atom. The van der Waals surface area contributed by atoms with Gasteiger partial charge in [0.1, 0.15) is 5.41 Å². The van der Waals surface area contributed by atoms with E-state index < -0.39 is 5.41 Å². The predicted molar refractivity (Wildman–Crippen MR) is 54.9 cm³/mol. The smallest absolute Gasteiger partial charge is 0.182 e. The van der Waals surface area contributed by atoms with Crippen molar-refractivity contribution in [3.05, 3.63) is 35.4 Å². The number of nitrogens with zero attached hydrogens (tertiary/aromatic N) is 1. The van der Waals surface area contributed by atoms with Gasteiger partial charge in [-0.15, -0.1) is 0 Å². The topological polar surface area (TPSA) is 40.9 Å². The molecule has 0 fully saturated rings. The maximum absolute atomic E-state index is 11.9. The van der Waals surface area contributed by atoms with Crippen molar-refractivity contribution >= 4 is 5.78 Å². The minimum atomic E-state index is -0.938. The van der Waals surface area contributed by atoms with Crippen LogP contribution in [0.25, 0.3) is 0 Å². The molecule has 2 nitrogen and oxygen atoms in total. The first-order valence-electron chi connectivity index (χ1n) is 4.51. The summed E-state index contributed by atoms with van der Waals surface area (Å²) in [6.07, 6.45) is 0. The van der Waals surface area contributed by atoms with Crippen LogP contribution in [0.5, 0.6) is 0 Å². The molecule has 72 valence electrons. The lowest BCUT2D eigenvalue weighted by Gasteiger charge is -2.14. The molecule has 0 aliphatic heterocycles. The fourth-order valence-corrected chi connectivity index (χ4v) is 1.22. The summed E-state index contributed by atoms with van der Waals surface area (Å²) in [6.45, 7) is 5.16. The van der Waals surface area contributed by atoms with E-state index >= 15 is 0 Å². The Balaban J connectivity index is 3.16. The Morgan fingerprint density at radius 2 is 1.93 bits per heavy atom. The normalized spacial score (nSPS) is 10.7. The highest BCUT2D eigenvalue weighted by molar-refractivity contribution is 6.02. The Bertz CT molecular complexity index is 399. The molecule has 0 N–H and O–H groups in total. The first-order chi connectivity index (χ1) is 6.49. The second-order valence-corrected chi connectivity index (χ2v) is 3.88. The highest BCUT2D eigenvalue weighted by Gasteiger charge is 2.28. The molecule has 0 atom stereocenters. The fraction of sp³-hybridized carbons (Fsp3) is 0.333. The molecule has 1 aromatic carbocycles. The number of Topliss-reactive ketones (excluding diaryl/α,β-unsaturated/α-hetero) is 1. The number of ketones is 1. The van der Waals surface area contributed by atoms with Crippen LogP contribution in [0.1, 0.15) is 29.8 Å². The summed E-state index contributed by atoms with van der Waals surface area (Å²) >= 11 is 0. The second-order valence-electron chi connectivity index (χ2n) is 3.88. The molecule has 0 saturated carbocycles. The van der Waals surface area contributed by atoms with E-state index in [1.807, 2.05) is 31.2 Å². The molecule has 1 aromatic rings. The first-order valence-corrected chi connectivity index (χ1v) is 4.51. The molecule has 2 heteroatoms. The summed E-state index contributed by atoms with van der Waals surface area (Å²) in [6, 6.07) is 9.35. The van der Waals surface area contributed by atoms with Crippen LogP contribution < -0.4 is 0 Å². The summed E-state index contributed by atoms with van der Waals surface area (Å²) in [4.78, 5) is 11.9.